The standard InChI is InChI=1S/C13H14ClNO3/c1-7-2-3-11(10(14)4-7)15-12(16)8-5-9(6-8)13(17)18/h2-4,8-9H,5-6H2,1H3,(H,15,16)(H,17,18). The molecule has 1 aliphatic carbocycles. The van der Waals surface area contributed by atoms with Crippen LogP contribution < -0.4 is 5.32 Å². The number of carbonyl (C=O) groups is 2. The Kier molecular flexibility index (Phi) is 3.57. The van der Waals surface area contributed by atoms with Crippen LogP contribution in [0.2, 0.25) is 5.02 Å². The van der Waals surface area contributed by atoms with Crippen molar-refractivity contribution in [2.45, 2.75) is 19.8 Å². The van der Waals surface area contributed by atoms with Gasteiger partial charge >= 0.3 is 5.97 Å². The van der Waals surface area contributed by atoms with Crippen molar-refractivity contribution in [2.75, 3.05) is 5.32 Å². The second-order valence-electron chi connectivity index (χ2n) is 4.68. The average molecular weight is 268 g/mol. The van der Waals surface area contributed by atoms with Gasteiger partial charge in [-0.15, -0.1) is 0 Å². The van der Waals surface area contributed by atoms with Gasteiger partial charge in [-0.2, -0.15) is 0 Å². The van der Waals surface area contributed by atoms with Crippen LogP contribution >= 0.6 is 11.6 Å². The number of carboxylic acids is 1. The molecule has 0 heterocycles. The molecule has 0 unspecified atom stereocenters. The van der Waals surface area contributed by atoms with Crippen molar-refractivity contribution < 1.29 is 14.7 Å². The lowest BCUT2D eigenvalue weighted by molar-refractivity contribution is -0.147. The third kappa shape index (κ3) is 2.64. The number of carboxylic acid groups (broad SMARTS) is 1. The van der Waals surface area contributed by atoms with E-state index in [0.29, 0.717) is 23.6 Å². The van der Waals surface area contributed by atoms with Gasteiger partial charge in [0.05, 0.1) is 16.6 Å². The maximum absolute atomic E-state index is 11.8. The first-order chi connectivity index (χ1) is 8.47. The number of hydrogen-bond donors (Lipinski definition) is 2. The van der Waals surface area contributed by atoms with Gasteiger partial charge < -0.3 is 10.4 Å². The fourth-order valence-corrected chi connectivity index (χ4v) is 2.27. The first-order valence-corrected chi connectivity index (χ1v) is 6.15. The second kappa shape index (κ2) is 4.98. The zero-order valence-corrected chi connectivity index (χ0v) is 10.7. The summed E-state index contributed by atoms with van der Waals surface area (Å²) in [6.45, 7) is 1.92. The van der Waals surface area contributed by atoms with E-state index >= 15 is 0 Å². The van der Waals surface area contributed by atoms with Crippen LogP contribution in [0.5, 0.6) is 0 Å². The van der Waals surface area contributed by atoms with E-state index in [1.54, 1.807) is 12.1 Å². The average Bonchev–Trinajstić information content (AvgIpc) is 2.19. The molecule has 0 saturated heterocycles. The predicted molar refractivity (Wildman–Crippen MR) is 68.7 cm³/mol. The van der Waals surface area contributed by atoms with E-state index < -0.39 is 5.97 Å². The van der Waals surface area contributed by atoms with Crippen molar-refractivity contribution in [2.24, 2.45) is 11.8 Å². The van der Waals surface area contributed by atoms with Crippen molar-refractivity contribution in [3.63, 3.8) is 0 Å². The third-order valence-electron chi connectivity index (χ3n) is 3.24. The highest BCUT2D eigenvalue weighted by Gasteiger charge is 2.38. The number of amides is 1. The molecule has 4 nitrogen and oxygen atoms in total. The Hall–Kier alpha value is -1.55. The summed E-state index contributed by atoms with van der Waals surface area (Å²) in [5, 5.41) is 12.0. The Bertz CT molecular complexity index is 495. The van der Waals surface area contributed by atoms with Gasteiger partial charge in [-0.1, -0.05) is 17.7 Å². The van der Waals surface area contributed by atoms with E-state index in [1.807, 2.05) is 13.0 Å². The molecule has 2 rings (SSSR count). The van der Waals surface area contributed by atoms with Gasteiger partial charge in [-0.3, -0.25) is 9.59 Å². The first kappa shape index (κ1) is 12.9. The fourth-order valence-electron chi connectivity index (χ4n) is 1.99. The van der Waals surface area contributed by atoms with Gasteiger partial charge in [0.15, 0.2) is 0 Å². The summed E-state index contributed by atoms with van der Waals surface area (Å²) in [7, 11) is 0. The van der Waals surface area contributed by atoms with Crippen LogP contribution in [-0.4, -0.2) is 17.0 Å². The van der Waals surface area contributed by atoms with Gasteiger partial charge in [-0.05, 0) is 37.5 Å². The number of nitrogens with one attached hydrogen (secondary N) is 1. The minimum Gasteiger partial charge on any atom is -0.481 e. The van der Waals surface area contributed by atoms with Crippen LogP contribution in [0.3, 0.4) is 0 Å². The molecule has 1 aliphatic rings. The Morgan fingerprint density at radius 2 is 2.00 bits per heavy atom. The lowest BCUT2D eigenvalue weighted by Crippen LogP contribution is -2.38. The molecular formula is C13H14ClNO3. The molecule has 1 aromatic carbocycles. The summed E-state index contributed by atoms with van der Waals surface area (Å²) >= 11 is 6.01. The number of hydrogen-bond acceptors (Lipinski definition) is 2. The minimum atomic E-state index is -0.826. The molecule has 1 saturated carbocycles. The number of aryl methyl sites for hydroxylation is 1. The van der Waals surface area contributed by atoms with E-state index in [0.717, 1.165) is 5.56 Å². The van der Waals surface area contributed by atoms with Crippen molar-refractivity contribution >= 4 is 29.2 Å². The van der Waals surface area contributed by atoms with Crippen molar-refractivity contribution in [1.29, 1.82) is 0 Å². The van der Waals surface area contributed by atoms with Crippen LogP contribution in [0, 0.1) is 18.8 Å². The Morgan fingerprint density at radius 3 is 2.56 bits per heavy atom. The summed E-state index contributed by atoms with van der Waals surface area (Å²) in [5.41, 5.74) is 1.60. The molecule has 2 N–H and O–H groups in total. The van der Waals surface area contributed by atoms with Gasteiger partial charge in [0.1, 0.15) is 0 Å². The van der Waals surface area contributed by atoms with Crippen LogP contribution in [0.1, 0.15) is 18.4 Å². The van der Waals surface area contributed by atoms with Gasteiger partial charge in [0, 0.05) is 5.92 Å². The lowest BCUT2D eigenvalue weighted by atomic mass is 9.74. The molecule has 1 aromatic rings. The quantitative estimate of drug-likeness (QED) is 0.885. The molecular weight excluding hydrogens is 254 g/mol. The highest BCUT2D eigenvalue weighted by atomic mass is 35.5. The number of rotatable bonds is 3. The van der Waals surface area contributed by atoms with Crippen molar-refractivity contribution in [3.8, 4) is 0 Å². The summed E-state index contributed by atoms with van der Waals surface area (Å²) in [6, 6.07) is 5.39. The Balaban J connectivity index is 1.94. The van der Waals surface area contributed by atoms with E-state index in [1.165, 1.54) is 0 Å². The Morgan fingerprint density at radius 1 is 1.33 bits per heavy atom. The van der Waals surface area contributed by atoms with Crippen molar-refractivity contribution in [1.82, 2.24) is 0 Å². The van der Waals surface area contributed by atoms with E-state index in [9.17, 15) is 9.59 Å². The second-order valence-corrected chi connectivity index (χ2v) is 5.08. The van der Waals surface area contributed by atoms with Gasteiger partial charge in [0.25, 0.3) is 0 Å². The predicted octanol–water partition coefficient (Wildman–Crippen LogP) is 2.70. The molecule has 0 radical (unpaired) electrons. The van der Waals surface area contributed by atoms with Gasteiger partial charge in [-0.25, -0.2) is 0 Å². The lowest BCUT2D eigenvalue weighted by Gasteiger charge is -2.31. The molecule has 0 spiro atoms. The maximum atomic E-state index is 11.8. The summed E-state index contributed by atoms with van der Waals surface area (Å²) < 4.78 is 0. The van der Waals surface area contributed by atoms with E-state index in [-0.39, 0.29) is 17.7 Å². The number of anilines is 1. The normalized spacial score (nSPS) is 22.1. The molecule has 5 heteroatoms. The summed E-state index contributed by atoms with van der Waals surface area (Å²) in [6.07, 6.45) is 0.815. The highest BCUT2D eigenvalue weighted by molar-refractivity contribution is 6.33. The van der Waals surface area contributed by atoms with Crippen LogP contribution in [-0.2, 0) is 9.59 Å². The molecule has 96 valence electrons. The third-order valence-corrected chi connectivity index (χ3v) is 3.55. The largest absolute Gasteiger partial charge is 0.481 e. The SMILES string of the molecule is Cc1ccc(NC(=O)C2CC(C(=O)O)C2)c(Cl)c1. The minimum absolute atomic E-state index is 0.154. The zero-order valence-electron chi connectivity index (χ0n) is 9.94. The molecule has 0 bridgehead atoms. The molecule has 0 aromatic heterocycles. The number of halogens is 1. The highest BCUT2D eigenvalue weighted by Crippen LogP contribution is 2.35. The summed E-state index contributed by atoms with van der Waals surface area (Å²) in [5.74, 6) is -1.58. The number of carbonyl (C=O) groups excluding carboxylic acids is 1. The van der Waals surface area contributed by atoms with E-state index in [4.69, 9.17) is 16.7 Å². The molecule has 0 atom stereocenters. The van der Waals surface area contributed by atoms with Crippen LogP contribution in [0.4, 0.5) is 5.69 Å². The monoisotopic (exact) mass is 267 g/mol. The van der Waals surface area contributed by atoms with E-state index in [2.05, 4.69) is 5.32 Å². The van der Waals surface area contributed by atoms with Crippen LogP contribution in [0.25, 0.3) is 0 Å². The number of aliphatic carboxylic acids is 1. The fraction of sp³-hybridized carbons (Fsp3) is 0.385. The molecule has 18 heavy (non-hydrogen) atoms. The topological polar surface area (TPSA) is 66.4 Å². The molecule has 0 aliphatic heterocycles. The smallest absolute Gasteiger partial charge is 0.306 e. The van der Waals surface area contributed by atoms with Crippen LogP contribution in [0.15, 0.2) is 18.2 Å². The zero-order chi connectivity index (χ0) is 13.3. The van der Waals surface area contributed by atoms with Gasteiger partial charge in [0.2, 0.25) is 5.91 Å². The first-order valence-electron chi connectivity index (χ1n) is 5.77. The molecule has 1 fully saturated rings. The summed E-state index contributed by atoms with van der Waals surface area (Å²) in [4.78, 5) is 22.5. The molecule has 1 amide bonds. The van der Waals surface area contributed by atoms with Crippen molar-refractivity contribution in [3.05, 3.63) is 28.8 Å². The maximum Gasteiger partial charge on any atom is 0.306 e. The Labute approximate surface area is 110 Å². The number of benzene rings is 1.